The first kappa shape index (κ1) is 10.2. The van der Waals surface area contributed by atoms with Crippen LogP contribution in [0.3, 0.4) is 0 Å². The topological polar surface area (TPSA) is 63.3 Å². The number of aliphatic carboxylic acids is 1. The van der Waals surface area contributed by atoms with Crippen LogP contribution in [0, 0.1) is 0 Å². The summed E-state index contributed by atoms with van der Waals surface area (Å²) >= 11 is 0. The molecule has 0 aromatic heterocycles. The van der Waals surface area contributed by atoms with Gasteiger partial charge in [0.05, 0.1) is 6.42 Å². The van der Waals surface area contributed by atoms with Crippen LogP contribution in [0.5, 0.6) is 0 Å². The minimum absolute atomic E-state index is 0.0794. The molecule has 0 unspecified atom stereocenters. The van der Waals surface area contributed by atoms with Gasteiger partial charge in [-0.1, -0.05) is 12.2 Å². The van der Waals surface area contributed by atoms with Crippen molar-refractivity contribution in [3.8, 4) is 0 Å². The van der Waals surface area contributed by atoms with E-state index in [1.54, 1.807) is 12.2 Å². The van der Waals surface area contributed by atoms with E-state index in [-0.39, 0.29) is 12.0 Å². The summed E-state index contributed by atoms with van der Waals surface area (Å²) in [6.07, 6.45) is 4.21. The molecule has 0 spiro atoms. The van der Waals surface area contributed by atoms with Crippen molar-refractivity contribution in [3.05, 3.63) is 12.2 Å². The van der Waals surface area contributed by atoms with Gasteiger partial charge in [-0.3, -0.25) is 4.79 Å². The minimum atomic E-state index is -0.809. The number of hydrogen-bond acceptors (Lipinski definition) is 2. The van der Waals surface area contributed by atoms with Gasteiger partial charge in [0.25, 0.3) is 0 Å². The summed E-state index contributed by atoms with van der Waals surface area (Å²) in [5.74, 6) is -0.809. The second-order valence-electron chi connectivity index (χ2n) is 3.26. The SMILES string of the molecule is CC(C)(N)C/C=C/CC(=O)O. The maximum absolute atomic E-state index is 10.0. The minimum Gasteiger partial charge on any atom is -0.481 e. The molecule has 0 saturated carbocycles. The van der Waals surface area contributed by atoms with E-state index in [0.717, 1.165) is 0 Å². The van der Waals surface area contributed by atoms with Crippen molar-refractivity contribution in [1.82, 2.24) is 0 Å². The molecule has 11 heavy (non-hydrogen) atoms. The zero-order valence-electron chi connectivity index (χ0n) is 7.00. The number of rotatable bonds is 4. The van der Waals surface area contributed by atoms with Gasteiger partial charge in [-0.25, -0.2) is 0 Å². The van der Waals surface area contributed by atoms with Crippen molar-refractivity contribution in [3.63, 3.8) is 0 Å². The molecule has 0 aliphatic heterocycles. The summed E-state index contributed by atoms with van der Waals surface area (Å²) < 4.78 is 0. The molecule has 3 N–H and O–H groups in total. The second-order valence-corrected chi connectivity index (χ2v) is 3.26. The molecule has 0 aromatic rings. The summed E-state index contributed by atoms with van der Waals surface area (Å²) in [4.78, 5) is 10.0. The van der Waals surface area contributed by atoms with Gasteiger partial charge in [-0.2, -0.15) is 0 Å². The fraction of sp³-hybridized carbons (Fsp3) is 0.625. The van der Waals surface area contributed by atoms with Gasteiger partial charge in [0.1, 0.15) is 0 Å². The van der Waals surface area contributed by atoms with Crippen LogP contribution in [0.4, 0.5) is 0 Å². The van der Waals surface area contributed by atoms with Gasteiger partial charge in [-0.15, -0.1) is 0 Å². The summed E-state index contributed by atoms with van der Waals surface area (Å²) in [6, 6.07) is 0. The molecular formula is C8H15NO2. The van der Waals surface area contributed by atoms with Crippen LogP contribution in [-0.4, -0.2) is 16.6 Å². The predicted molar refractivity (Wildman–Crippen MR) is 44.3 cm³/mol. The first-order valence-corrected chi connectivity index (χ1v) is 3.57. The van der Waals surface area contributed by atoms with E-state index in [0.29, 0.717) is 6.42 Å². The zero-order valence-corrected chi connectivity index (χ0v) is 7.00. The first-order valence-electron chi connectivity index (χ1n) is 3.57. The number of carbonyl (C=O) groups is 1. The Morgan fingerprint density at radius 3 is 2.45 bits per heavy atom. The van der Waals surface area contributed by atoms with E-state index in [2.05, 4.69) is 0 Å². The molecule has 0 aliphatic carbocycles. The van der Waals surface area contributed by atoms with Gasteiger partial charge in [0.15, 0.2) is 0 Å². The van der Waals surface area contributed by atoms with Crippen LogP contribution in [0.2, 0.25) is 0 Å². The average Bonchev–Trinajstić information content (AvgIpc) is 1.78. The molecule has 0 radical (unpaired) electrons. The molecule has 0 amide bonds. The molecule has 0 rings (SSSR count). The van der Waals surface area contributed by atoms with Crippen LogP contribution >= 0.6 is 0 Å². The van der Waals surface area contributed by atoms with Gasteiger partial charge >= 0.3 is 5.97 Å². The Hall–Kier alpha value is -0.830. The highest BCUT2D eigenvalue weighted by Gasteiger charge is 2.06. The van der Waals surface area contributed by atoms with Gasteiger partial charge in [0.2, 0.25) is 0 Å². The molecule has 64 valence electrons. The van der Waals surface area contributed by atoms with Crippen LogP contribution in [0.1, 0.15) is 26.7 Å². The lowest BCUT2D eigenvalue weighted by atomic mass is 10.0. The number of hydrogen-bond donors (Lipinski definition) is 2. The largest absolute Gasteiger partial charge is 0.481 e. The Kier molecular flexibility index (Phi) is 3.82. The summed E-state index contributed by atoms with van der Waals surface area (Å²) in [6.45, 7) is 3.80. The molecular weight excluding hydrogens is 142 g/mol. The zero-order chi connectivity index (χ0) is 8.91. The van der Waals surface area contributed by atoms with Crippen molar-refractivity contribution < 1.29 is 9.90 Å². The van der Waals surface area contributed by atoms with Crippen molar-refractivity contribution in [2.45, 2.75) is 32.2 Å². The summed E-state index contributed by atoms with van der Waals surface area (Å²) in [5.41, 5.74) is 5.41. The van der Waals surface area contributed by atoms with E-state index >= 15 is 0 Å². The van der Waals surface area contributed by atoms with E-state index in [1.165, 1.54) is 0 Å². The quantitative estimate of drug-likeness (QED) is 0.601. The summed E-state index contributed by atoms with van der Waals surface area (Å²) in [7, 11) is 0. The molecule has 0 atom stereocenters. The molecule has 0 aliphatic rings. The standard InChI is InChI=1S/C8H15NO2/c1-8(2,9)6-4-3-5-7(10)11/h3-4H,5-6,9H2,1-2H3,(H,10,11)/b4-3+. The lowest BCUT2D eigenvalue weighted by Crippen LogP contribution is -2.30. The third kappa shape index (κ3) is 9.17. The molecule has 0 heterocycles. The second kappa shape index (κ2) is 4.13. The molecule has 0 saturated heterocycles. The monoisotopic (exact) mass is 157 g/mol. The lowest BCUT2D eigenvalue weighted by molar-refractivity contribution is -0.136. The van der Waals surface area contributed by atoms with Gasteiger partial charge < -0.3 is 10.8 Å². The van der Waals surface area contributed by atoms with Gasteiger partial charge in [-0.05, 0) is 20.3 Å². The Bertz CT molecular complexity index is 156. The first-order chi connectivity index (χ1) is 4.92. The van der Waals surface area contributed by atoms with Crippen molar-refractivity contribution in [2.75, 3.05) is 0 Å². The molecule has 0 bridgehead atoms. The maximum Gasteiger partial charge on any atom is 0.307 e. The van der Waals surface area contributed by atoms with Gasteiger partial charge in [0, 0.05) is 5.54 Å². The highest BCUT2D eigenvalue weighted by molar-refractivity contribution is 5.68. The Labute approximate surface area is 66.9 Å². The molecule has 0 fully saturated rings. The number of carboxylic acids is 1. The fourth-order valence-electron chi connectivity index (χ4n) is 0.571. The number of carboxylic acid groups (broad SMARTS) is 1. The third-order valence-corrected chi connectivity index (χ3v) is 1.10. The van der Waals surface area contributed by atoms with Crippen LogP contribution in [-0.2, 0) is 4.79 Å². The Balaban J connectivity index is 3.53. The van der Waals surface area contributed by atoms with E-state index in [9.17, 15) is 4.79 Å². The van der Waals surface area contributed by atoms with Crippen LogP contribution in [0.25, 0.3) is 0 Å². The fourth-order valence-corrected chi connectivity index (χ4v) is 0.571. The van der Waals surface area contributed by atoms with E-state index in [4.69, 9.17) is 10.8 Å². The summed E-state index contributed by atoms with van der Waals surface area (Å²) in [5, 5.41) is 8.26. The third-order valence-electron chi connectivity index (χ3n) is 1.10. The van der Waals surface area contributed by atoms with E-state index in [1.807, 2.05) is 13.8 Å². The predicted octanol–water partition coefficient (Wildman–Crippen LogP) is 1.14. The van der Waals surface area contributed by atoms with Crippen LogP contribution < -0.4 is 5.73 Å². The molecule has 3 heteroatoms. The Morgan fingerprint density at radius 2 is 2.09 bits per heavy atom. The van der Waals surface area contributed by atoms with E-state index < -0.39 is 5.97 Å². The highest BCUT2D eigenvalue weighted by Crippen LogP contribution is 2.03. The smallest absolute Gasteiger partial charge is 0.307 e. The lowest BCUT2D eigenvalue weighted by Gasteiger charge is -2.14. The van der Waals surface area contributed by atoms with Crippen LogP contribution in [0.15, 0.2) is 12.2 Å². The van der Waals surface area contributed by atoms with Crippen molar-refractivity contribution >= 4 is 5.97 Å². The normalized spacial score (nSPS) is 12.3. The van der Waals surface area contributed by atoms with Crippen molar-refractivity contribution in [1.29, 1.82) is 0 Å². The van der Waals surface area contributed by atoms with Crippen molar-refractivity contribution in [2.24, 2.45) is 5.73 Å². The maximum atomic E-state index is 10.0. The Morgan fingerprint density at radius 1 is 1.55 bits per heavy atom. The molecule has 3 nitrogen and oxygen atoms in total. The highest BCUT2D eigenvalue weighted by atomic mass is 16.4. The average molecular weight is 157 g/mol. The molecule has 0 aromatic carbocycles. The number of nitrogens with two attached hydrogens (primary N) is 1.